The van der Waals surface area contributed by atoms with Crippen LogP contribution in [-0.4, -0.2) is 20.1 Å². The molecule has 6 heteroatoms. The number of carbonyl (C=O) groups excluding carboxylic acids is 1. The first-order valence-electron chi connectivity index (χ1n) is 8.60. The van der Waals surface area contributed by atoms with E-state index in [1.807, 2.05) is 36.4 Å². The Hall–Kier alpha value is -2.99. The second-order valence-electron chi connectivity index (χ2n) is 6.25. The number of methoxy groups -OCH3 is 2. The first-order valence-corrected chi connectivity index (χ1v) is 9.41. The van der Waals surface area contributed by atoms with Crippen LogP contribution >= 0.6 is 11.3 Å². The van der Waals surface area contributed by atoms with Gasteiger partial charge in [-0.15, -0.1) is 11.3 Å². The number of benzene rings is 2. The van der Waals surface area contributed by atoms with Crippen molar-refractivity contribution in [3.05, 3.63) is 69.9 Å². The van der Waals surface area contributed by atoms with Crippen LogP contribution in [-0.2, 0) is 0 Å². The van der Waals surface area contributed by atoms with Gasteiger partial charge < -0.3 is 14.8 Å². The molecule has 4 rings (SSSR count). The Labute approximate surface area is 162 Å². The van der Waals surface area contributed by atoms with Crippen molar-refractivity contribution in [1.29, 1.82) is 0 Å². The van der Waals surface area contributed by atoms with E-state index in [9.17, 15) is 4.79 Å². The van der Waals surface area contributed by atoms with Crippen LogP contribution in [0.5, 0.6) is 11.5 Å². The maximum atomic E-state index is 13.4. The molecule has 0 saturated heterocycles. The predicted molar refractivity (Wildman–Crippen MR) is 108 cm³/mol. The molecule has 0 saturated carbocycles. The molecule has 3 aromatic rings. The summed E-state index contributed by atoms with van der Waals surface area (Å²) in [5.41, 5.74) is 2.17. The number of hydrogen-bond donors (Lipinski definition) is 1. The van der Waals surface area contributed by atoms with Crippen molar-refractivity contribution in [2.45, 2.75) is 13.1 Å². The van der Waals surface area contributed by atoms with Gasteiger partial charge in [0.05, 0.1) is 25.5 Å². The molecule has 138 valence electrons. The molecule has 0 bridgehead atoms. The number of nitrogens with zero attached hydrogens (tertiary/aromatic N) is 1. The number of anilines is 2. The van der Waals surface area contributed by atoms with Crippen molar-refractivity contribution >= 4 is 28.6 Å². The number of fused-ring (bicyclic) bond motifs is 1. The zero-order valence-corrected chi connectivity index (χ0v) is 16.2. The molecule has 1 atom stereocenters. The molecule has 0 spiro atoms. The van der Waals surface area contributed by atoms with Crippen LogP contribution in [0, 0.1) is 6.92 Å². The van der Waals surface area contributed by atoms with Gasteiger partial charge in [0, 0.05) is 21.5 Å². The summed E-state index contributed by atoms with van der Waals surface area (Å²) < 4.78 is 10.9. The summed E-state index contributed by atoms with van der Waals surface area (Å²) in [4.78, 5) is 17.4. The largest absolute Gasteiger partial charge is 0.497 e. The summed E-state index contributed by atoms with van der Waals surface area (Å²) in [5.74, 6) is 1.20. The summed E-state index contributed by atoms with van der Waals surface area (Å²) in [5, 5.41) is 3.51. The lowest BCUT2D eigenvalue weighted by Gasteiger charge is -2.38. The summed E-state index contributed by atoms with van der Waals surface area (Å²) in [6, 6.07) is 17.2. The quantitative estimate of drug-likeness (QED) is 0.703. The van der Waals surface area contributed by atoms with Crippen molar-refractivity contribution in [2.75, 3.05) is 24.4 Å². The summed E-state index contributed by atoms with van der Waals surface area (Å²) in [7, 11) is 3.20. The average molecular weight is 380 g/mol. The Morgan fingerprint density at radius 1 is 1.04 bits per heavy atom. The topological polar surface area (TPSA) is 50.8 Å². The van der Waals surface area contributed by atoms with Crippen LogP contribution in [0.15, 0.2) is 54.6 Å². The van der Waals surface area contributed by atoms with Gasteiger partial charge in [0.15, 0.2) is 0 Å². The minimum absolute atomic E-state index is 0.0659. The van der Waals surface area contributed by atoms with Crippen molar-refractivity contribution in [3.8, 4) is 11.5 Å². The van der Waals surface area contributed by atoms with Gasteiger partial charge in [-0.3, -0.25) is 9.69 Å². The Bertz CT molecular complexity index is 999. The SMILES string of the molecule is COc1ccc(N2C(=O)c3ccccc3NC2c2ccc(C)s2)c(OC)c1. The normalized spacial score (nSPS) is 15.9. The van der Waals surface area contributed by atoms with E-state index in [0.29, 0.717) is 22.7 Å². The van der Waals surface area contributed by atoms with E-state index >= 15 is 0 Å². The third kappa shape index (κ3) is 3.02. The van der Waals surface area contributed by atoms with Crippen LogP contribution in [0.4, 0.5) is 11.4 Å². The molecule has 1 aliphatic heterocycles. The van der Waals surface area contributed by atoms with Crippen LogP contribution < -0.4 is 19.7 Å². The lowest BCUT2D eigenvalue weighted by molar-refractivity contribution is 0.0974. The maximum absolute atomic E-state index is 13.4. The van der Waals surface area contributed by atoms with Crippen molar-refractivity contribution in [3.63, 3.8) is 0 Å². The van der Waals surface area contributed by atoms with Crippen molar-refractivity contribution in [1.82, 2.24) is 0 Å². The van der Waals surface area contributed by atoms with Gasteiger partial charge >= 0.3 is 0 Å². The van der Waals surface area contributed by atoms with Gasteiger partial charge in [0.25, 0.3) is 5.91 Å². The fourth-order valence-electron chi connectivity index (χ4n) is 3.29. The molecule has 0 fully saturated rings. The van der Waals surface area contributed by atoms with E-state index in [1.165, 1.54) is 4.88 Å². The number of hydrogen-bond acceptors (Lipinski definition) is 5. The molecule has 27 heavy (non-hydrogen) atoms. The molecule has 2 aromatic carbocycles. The number of thiophene rings is 1. The third-order valence-corrected chi connectivity index (χ3v) is 5.66. The fourth-order valence-corrected chi connectivity index (χ4v) is 4.21. The number of para-hydroxylation sites is 1. The van der Waals surface area contributed by atoms with Crippen LogP contribution in [0.1, 0.15) is 26.3 Å². The van der Waals surface area contributed by atoms with Gasteiger partial charge in [-0.05, 0) is 43.3 Å². The smallest absolute Gasteiger partial charge is 0.262 e. The average Bonchev–Trinajstić information content (AvgIpc) is 3.14. The summed E-state index contributed by atoms with van der Waals surface area (Å²) in [6.07, 6.45) is -0.312. The Morgan fingerprint density at radius 3 is 2.56 bits per heavy atom. The van der Waals surface area contributed by atoms with E-state index in [-0.39, 0.29) is 12.1 Å². The summed E-state index contributed by atoms with van der Waals surface area (Å²) in [6.45, 7) is 2.06. The minimum atomic E-state index is -0.312. The Morgan fingerprint density at radius 2 is 1.85 bits per heavy atom. The molecule has 1 unspecified atom stereocenters. The van der Waals surface area contributed by atoms with Gasteiger partial charge in [0.1, 0.15) is 17.7 Å². The monoisotopic (exact) mass is 380 g/mol. The molecule has 1 aromatic heterocycles. The zero-order chi connectivity index (χ0) is 19.0. The highest BCUT2D eigenvalue weighted by Gasteiger charge is 2.36. The molecule has 2 heterocycles. The van der Waals surface area contributed by atoms with Crippen LogP contribution in [0.3, 0.4) is 0 Å². The second-order valence-corrected chi connectivity index (χ2v) is 7.57. The number of rotatable bonds is 4. The molecule has 1 N–H and O–H groups in total. The molecule has 1 aliphatic rings. The number of amides is 1. The van der Waals surface area contributed by atoms with Crippen molar-refractivity contribution in [2.24, 2.45) is 0 Å². The van der Waals surface area contributed by atoms with Crippen molar-refractivity contribution < 1.29 is 14.3 Å². The fraction of sp³-hybridized carbons (Fsp3) is 0.190. The third-order valence-electron chi connectivity index (χ3n) is 4.60. The van der Waals surface area contributed by atoms with E-state index in [4.69, 9.17) is 9.47 Å². The lowest BCUT2D eigenvalue weighted by Crippen LogP contribution is -2.43. The number of aryl methyl sites for hydroxylation is 1. The van der Waals surface area contributed by atoms with E-state index in [2.05, 4.69) is 24.4 Å². The first kappa shape index (κ1) is 17.4. The molecule has 0 aliphatic carbocycles. The lowest BCUT2D eigenvalue weighted by atomic mass is 10.1. The van der Waals surface area contributed by atoms with E-state index in [0.717, 1.165) is 10.6 Å². The van der Waals surface area contributed by atoms with Gasteiger partial charge in [-0.25, -0.2) is 0 Å². The second kappa shape index (κ2) is 6.96. The maximum Gasteiger partial charge on any atom is 0.262 e. The van der Waals surface area contributed by atoms with Gasteiger partial charge in [-0.1, -0.05) is 12.1 Å². The standard InChI is InChI=1S/C21H20N2O3S/c1-13-8-11-19(27-13)20-22-16-7-5-4-6-15(16)21(24)23(20)17-10-9-14(25-2)12-18(17)26-3/h4-12,20,22H,1-3H3. The summed E-state index contributed by atoms with van der Waals surface area (Å²) >= 11 is 1.67. The van der Waals surface area contributed by atoms with E-state index in [1.54, 1.807) is 36.5 Å². The molecular formula is C21H20N2O3S. The molecule has 5 nitrogen and oxygen atoms in total. The van der Waals surface area contributed by atoms with Gasteiger partial charge in [-0.2, -0.15) is 0 Å². The highest BCUT2D eigenvalue weighted by molar-refractivity contribution is 7.12. The Balaban J connectivity index is 1.88. The number of nitrogens with one attached hydrogen (secondary N) is 1. The van der Waals surface area contributed by atoms with Crippen LogP contribution in [0.2, 0.25) is 0 Å². The number of carbonyl (C=O) groups is 1. The van der Waals surface area contributed by atoms with E-state index < -0.39 is 0 Å². The zero-order valence-electron chi connectivity index (χ0n) is 15.4. The van der Waals surface area contributed by atoms with Crippen LogP contribution in [0.25, 0.3) is 0 Å². The molecular weight excluding hydrogens is 360 g/mol. The highest BCUT2D eigenvalue weighted by atomic mass is 32.1. The minimum Gasteiger partial charge on any atom is -0.497 e. The first-order chi connectivity index (χ1) is 13.1. The Kier molecular flexibility index (Phi) is 4.49. The van der Waals surface area contributed by atoms with Gasteiger partial charge in [0.2, 0.25) is 0 Å². The molecule has 0 radical (unpaired) electrons. The molecule has 1 amide bonds. The predicted octanol–water partition coefficient (Wildman–Crippen LogP) is 4.84. The number of ether oxygens (including phenoxy) is 2. The highest BCUT2D eigenvalue weighted by Crippen LogP contribution is 2.42.